The first kappa shape index (κ1) is 16.0. The quantitative estimate of drug-likeness (QED) is 0.455. The Kier molecular flexibility index (Phi) is 3.79. The minimum atomic E-state index is -7.50. The van der Waals surface area contributed by atoms with E-state index >= 15 is 0 Å². The van der Waals surface area contributed by atoms with Crippen molar-refractivity contribution in [3.05, 3.63) is 0 Å². The van der Waals surface area contributed by atoms with Gasteiger partial charge in [-0.2, -0.15) is 30.7 Å². The molecular formula is C4F10O2Si. The van der Waals surface area contributed by atoms with Crippen LogP contribution in [0.5, 0.6) is 0 Å². The van der Waals surface area contributed by atoms with Gasteiger partial charge >= 0.3 is 33.3 Å². The highest BCUT2D eigenvalue weighted by atomic mass is 28.5. The van der Waals surface area contributed by atoms with E-state index in [0.717, 1.165) is 0 Å². The van der Waals surface area contributed by atoms with E-state index in [1.807, 2.05) is 4.43 Å². The van der Waals surface area contributed by atoms with Gasteiger partial charge in [-0.3, -0.25) is 0 Å². The third-order valence-corrected chi connectivity index (χ3v) is 1.63. The summed E-state index contributed by atoms with van der Waals surface area (Å²) >= 11 is 0. The molecule has 0 spiro atoms. The molecule has 0 amide bonds. The SMILES string of the molecule is O=C(O[Si](F)(F)F)C(F)(F)C(F)(F)C(F)(F)F. The van der Waals surface area contributed by atoms with Crippen LogP contribution in [0.2, 0.25) is 0 Å². The molecule has 13 heteroatoms. The molecule has 0 N–H and O–H groups in total. The number of hydrogen-bond acceptors (Lipinski definition) is 2. The second-order valence-corrected chi connectivity index (χ2v) is 3.58. The second kappa shape index (κ2) is 4.03. The van der Waals surface area contributed by atoms with Gasteiger partial charge in [0.25, 0.3) is 0 Å². The molecule has 17 heavy (non-hydrogen) atoms. The average Bonchev–Trinajstić information content (AvgIpc) is 1.97. The van der Waals surface area contributed by atoms with Crippen LogP contribution >= 0.6 is 0 Å². The van der Waals surface area contributed by atoms with Crippen LogP contribution in [-0.4, -0.2) is 33.3 Å². The zero-order chi connectivity index (χ0) is 14.3. The maximum atomic E-state index is 12.2. The number of halogens is 10. The van der Waals surface area contributed by atoms with Gasteiger partial charge in [0.05, 0.1) is 0 Å². The molecule has 0 rings (SSSR count). The lowest BCUT2D eigenvalue weighted by atomic mass is 10.1. The zero-order valence-electron chi connectivity index (χ0n) is 7.10. The Morgan fingerprint density at radius 2 is 1.24 bits per heavy atom. The standard InChI is InChI=1S/C4F10O2Si/c5-2(6,1(15)16-17(12,13)14)3(7,8)4(9,10)11. The number of rotatable bonds is 3. The van der Waals surface area contributed by atoms with Gasteiger partial charge in [0.1, 0.15) is 0 Å². The summed E-state index contributed by atoms with van der Waals surface area (Å²) in [6.45, 7) is 0. The lowest BCUT2D eigenvalue weighted by Crippen LogP contribution is -2.57. The third-order valence-electron chi connectivity index (χ3n) is 1.22. The van der Waals surface area contributed by atoms with Crippen molar-refractivity contribution >= 4 is 15.3 Å². The molecule has 0 fully saturated rings. The Bertz CT molecular complexity index is 302. The van der Waals surface area contributed by atoms with E-state index < -0.39 is 33.3 Å². The van der Waals surface area contributed by atoms with Crippen LogP contribution in [-0.2, 0) is 9.22 Å². The number of carbonyl (C=O) groups is 1. The van der Waals surface area contributed by atoms with E-state index in [4.69, 9.17) is 0 Å². The number of alkyl halides is 7. The van der Waals surface area contributed by atoms with Gasteiger partial charge < -0.3 is 4.43 Å². The normalized spacial score (nSPS) is 14.7. The van der Waals surface area contributed by atoms with Gasteiger partial charge in [0, 0.05) is 0 Å². The van der Waals surface area contributed by atoms with Gasteiger partial charge in [0.15, 0.2) is 0 Å². The second-order valence-electron chi connectivity index (χ2n) is 2.48. The summed E-state index contributed by atoms with van der Waals surface area (Å²) in [5, 5.41) is 0. The minimum Gasteiger partial charge on any atom is -0.438 e. The van der Waals surface area contributed by atoms with E-state index in [1.54, 1.807) is 0 Å². The van der Waals surface area contributed by atoms with Crippen LogP contribution in [0, 0.1) is 0 Å². The van der Waals surface area contributed by atoms with Crippen molar-refractivity contribution in [2.24, 2.45) is 0 Å². The lowest BCUT2D eigenvalue weighted by molar-refractivity contribution is -0.347. The number of hydrogen-bond donors (Lipinski definition) is 0. The summed E-state index contributed by atoms with van der Waals surface area (Å²) in [7, 11) is -7.50. The van der Waals surface area contributed by atoms with Crippen molar-refractivity contribution in [1.82, 2.24) is 0 Å². The van der Waals surface area contributed by atoms with Crippen molar-refractivity contribution < 1.29 is 52.3 Å². The molecule has 0 unspecified atom stereocenters. The fourth-order valence-corrected chi connectivity index (χ4v) is 0.814. The summed E-state index contributed by atoms with van der Waals surface area (Å²) in [5.41, 5.74) is 0. The summed E-state index contributed by atoms with van der Waals surface area (Å²) in [6.07, 6.45) is -6.90. The van der Waals surface area contributed by atoms with Gasteiger partial charge in [-0.15, -0.1) is 0 Å². The molecule has 0 aromatic heterocycles. The summed E-state index contributed by atoms with van der Waals surface area (Å²) in [6, 6.07) is 0. The molecule has 102 valence electrons. The monoisotopic (exact) mass is 298 g/mol. The summed E-state index contributed by atoms with van der Waals surface area (Å²) in [5.74, 6) is -17.6. The summed E-state index contributed by atoms with van der Waals surface area (Å²) in [4.78, 5) is 9.94. The van der Waals surface area contributed by atoms with Crippen LogP contribution in [0.3, 0.4) is 0 Å². The molecule has 0 radical (unpaired) electrons. The zero-order valence-corrected chi connectivity index (χ0v) is 8.10. The van der Waals surface area contributed by atoms with Crippen LogP contribution in [0.25, 0.3) is 0 Å². The van der Waals surface area contributed by atoms with E-state index in [2.05, 4.69) is 0 Å². The Hall–Kier alpha value is -1.01. The van der Waals surface area contributed by atoms with Gasteiger partial charge in [-0.25, -0.2) is 17.1 Å². The van der Waals surface area contributed by atoms with Crippen LogP contribution in [0.15, 0.2) is 0 Å². The lowest BCUT2D eigenvalue weighted by Gasteiger charge is -2.26. The van der Waals surface area contributed by atoms with Crippen LogP contribution in [0.1, 0.15) is 0 Å². The van der Waals surface area contributed by atoms with Crippen molar-refractivity contribution in [2.45, 2.75) is 18.0 Å². The van der Waals surface area contributed by atoms with Crippen LogP contribution < -0.4 is 0 Å². The molecule has 0 saturated heterocycles. The molecule has 0 bridgehead atoms. The maximum Gasteiger partial charge on any atom is 0.877 e. The fraction of sp³-hybridized carbons (Fsp3) is 0.750. The maximum absolute atomic E-state index is 12.2. The van der Waals surface area contributed by atoms with Gasteiger partial charge in [-0.05, 0) is 0 Å². The topological polar surface area (TPSA) is 26.3 Å². The molecule has 0 aliphatic heterocycles. The predicted octanol–water partition coefficient (Wildman–Crippen LogP) is 2.71. The van der Waals surface area contributed by atoms with E-state index in [1.165, 1.54) is 0 Å². The smallest absolute Gasteiger partial charge is 0.438 e. The van der Waals surface area contributed by atoms with Gasteiger partial charge in [0.2, 0.25) is 0 Å². The van der Waals surface area contributed by atoms with Crippen molar-refractivity contribution in [3.8, 4) is 0 Å². The largest absolute Gasteiger partial charge is 0.877 e. The summed E-state index contributed by atoms with van der Waals surface area (Å²) < 4.78 is 119. The molecule has 0 aromatic rings. The molecular weight excluding hydrogens is 298 g/mol. The molecule has 0 aromatic carbocycles. The van der Waals surface area contributed by atoms with Crippen molar-refractivity contribution in [2.75, 3.05) is 0 Å². The number of carbonyl (C=O) groups excluding carboxylic acids is 1. The minimum absolute atomic E-state index is 1.95. The third kappa shape index (κ3) is 3.23. The highest BCUT2D eigenvalue weighted by Crippen LogP contribution is 2.47. The highest BCUT2D eigenvalue weighted by molar-refractivity contribution is 6.53. The Labute approximate surface area is 86.8 Å². The molecule has 0 heterocycles. The first-order chi connectivity index (χ1) is 7.13. The first-order valence-corrected chi connectivity index (χ1v) is 4.79. The van der Waals surface area contributed by atoms with Crippen molar-refractivity contribution in [3.63, 3.8) is 0 Å². The Morgan fingerprint density at radius 3 is 1.47 bits per heavy atom. The van der Waals surface area contributed by atoms with Crippen LogP contribution in [0.4, 0.5) is 43.1 Å². The average molecular weight is 298 g/mol. The van der Waals surface area contributed by atoms with E-state index in [9.17, 15) is 47.9 Å². The molecule has 0 aliphatic carbocycles. The van der Waals surface area contributed by atoms with Crippen molar-refractivity contribution in [1.29, 1.82) is 0 Å². The van der Waals surface area contributed by atoms with E-state index in [-0.39, 0.29) is 0 Å². The molecule has 2 nitrogen and oxygen atoms in total. The highest BCUT2D eigenvalue weighted by Gasteiger charge is 2.78. The van der Waals surface area contributed by atoms with E-state index in [0.29, 0.717) is 0 Å². The predicted molar refractivity (Wildman–Crippen MR) is 31.1 cm³/mol. The molecule has 0 aliphatic rings. The Balaban J connectivity index is 5.22. The molecule has 0 saturated carbocycles. The Morgan fingerprint density at radius 1 is 0.882 bits per heavy atom. The first-order valence-electron chi connectivity index (χ1n) is 3.25. The molecule has 0 atom stereocenters. The van der Waals surface area contributed by atoms with Gasteiger partial charge in [-0.1, -0.05) is 0 Å². The fourth-order valence-electron chi connectivity index (χ4n) is 0.475.